The predicted molar refractivity (Wildman–Crippen MR) is 124 cm³/mol. The Morgan fingerprint density at radius 3 is 2.47 bits per heavy atom. The standard InChI is InChI=1S/C26H27N3O3/c1-18-11-13-19(14-12-18)16-29-23-9-5-6-10-24(23)32-17-22(26(29)31)28-15-21(25(27)30)20-7-3-2-4-8-20/h2-14,21-22,28H,15-17H2,1H3,(H2,27,30)/t21-,22-/m0/s1. The van der Waals surface area contributed by atoms with Crippen molar-refractivity contribution >= 4 is 17.5 Å². The van der Waals surface area contributed by atoms with E-state index in [9.17, 15) is 9.59 Å². The number of carbonyl (C=O) groups is 2. The van der Waals surface area contributed by atoms with E-state index in [2.05, 4.69) is 5.32 Å². The van der Waals surface area contributed by atoms with Crippen LogP contribution in [0.2, 0.25) is 0 Å². The van der Waals surface area contributed by atoms with E-state index in [0.717, 1.165) is 22.4 Å². The Bertz CT molecular complexity index is 1080. The molecule has 0 saturated carbocycles. The zero-order valence-electron chi connectivity index (χ0n) is 18.0. The maximum atomic E-state index is 13.6. The lowest BCUT2D eigenvalue weighted by atomic mass is 9.98. The van der Waals surface area contributed by atoms with Gasteiger partial charge in [-0.3, -0.25) is 9.59 Å². The van der Waals surface area contributed by atoms with Crippen molar-refractivity contribution in [3.63, 3.8) is 0 Å². The summed E-state index contributed by atoms with van der Waals surface area (Å²) in [6.45, 7) is 2.87. The molecule has 6 heteroatoms. The summed E-state index contributed by atoms with van der Waals surface area (Å²) < 4.78 is 5.98. The number of ether oxygens (including phenoxy) is 1. The fourth-order valence-electron chi connectivity index (χ4n) is 3.87. The molecule has 2 atom stereocenters. The van der Waals surface area contributed by atoms with Gasteiger partial charge in [0, 0.05) is 6.54 Å². The van der Waals surface area contributed by atoms with E-state index in [1.807, 2.05) is 85.8 Å². The van der Waals surface area contributed by atoms with Gasteiger partial charge in [0.1, 0.15) is 18.4 Å². The number of nitrogens with one attached hydrogen (secondary N) is 1. The summed E-state index contributed by atoms with van der Waals surface area (Å²) in [6.07, 6.45) is 0. The van der Waals surface area contributed by atoms with Crippen LogP contribution in [0.4, 0.5) is 5.69 Å². The number of amides is 2. The Labute approximate surface area is 188 Å². The molecule has 0 saturated heterocycles. The second-order valence-electron chi connectivity index (χ2n) is 8.02. The molecule has 0 spiro atoms. The molecule has 0 aliphatic carbocycles. The normalized spacial score (nSPS) is 16.6. The predicted octanol–water partition coefficient (Wildman–Crippen LogP) is 3.15. The van der Waals surface area contributed by atoms with Crippen LogP contribution >= 0.6 is 0 Å². The third-order valence-corrected chi connectivity index (χ3v) is 5.70. The summed E-state index contributed by atoms with van der Waals surface area (Å²) in [6, 6.07) is 24.4. The van der Waals surface area contributed by atoms with Crippen LogP contribution in [0.5, 0.6) is 5.75 Å². The number of hydrogen-bond acceptors (Lipinski definition) is 4. The lowest BCUT2D eigenvalue weighted by Crippen LogP contribution is -2.50. The second kappa shape index (κ2) is 9.66. The summed E-state index contributed by atoms with van der Waals surface area (Å²) in [5.74, 6) is -0.427. The maximum Gasteiger partial charge on any atom is 0.248 e. The van der Waals surface area contributed by atoms with E-state index in [1.165, 1.54) is 0 Å². The Morgan fingerprint density at radius 2 is 1.75 bits per heavy atom. The summed E-state index contributed by atoms with van der Waals surface area (Å²) in [5.41, 5.74) is 9.39. The Balaban J connectivity index is 1.56. The number of hydrogen-bond donors (Lipinski definition) is 2. The molecule has 0 bridgehead atoms. The van der Waals surface area contributed by atoms with Crippen molar-refractivity contribution in [2.24, 2.45) is 5.73 Å². The highest BCUT2D eigenvalue weighted by atomic mass is 16.5. The summed E-state index contributed by atoms with van der Waals surface area (Å²) in [4.78, 5) is 27.4. The minimum absolute atomic E-state index is 0.105. The average molecular weight is 430 g/mol. The molecule has 3 aromatic rings. The van der Waals surface area contributed by atoms with Crippen molar-refractivity contribution in [3.05, 3.63) is 95.6 Å². The Hall–Kier alpha value is -3.64. The molecular formula is C26H27N3O3. The van der Waals surface area contributed by atoms with Gasteiger partial charge in [0.15, 0.2) is 0 Å². The molecule has 164 valence electrons. The quantitative estimate of drug-likeness (QED) is 0.604. The molecule has 4 rings (SSSR count). The minimum Gasteiger partial charge on any atom is -0.489 e. The number of nitrogens with two attached hydrogens (primary N) is 1. The molecule has 1 heterocycles. The number of rotatable bonds is 7. The molecule has 1 aliphatic heterocycles. The van der Waals surface area contributed by atoms with Gasteiger partial charge in [-0.1, -0.05) is 72.3 Å². The van der Waals surface area contributed by atoms with Gasteiger partial charge in [-0.25, -0.2) is 0 Å². The number of anilines is 1. The molecule has 0 fully saturated rings. The number of fused-ring (bicyclic) bond motifs is 1. The zero-order valence-corrected chi connectivity index (χ0v) is 18.0. The number of primary amides is 1. The molecule has 2 amide bonds. The van der Waals surface area contributed by atoms with Crippen LogP contribution < -0.4 is 20.7 Å². The van der Waals surface area contributed by atoms with Crippen LogP contribution in [0, 0.1) is 6.92 Å². The van der Waals surface area contributed by atoms with Crippen LogP contribution in [0.1, 0.15) is 22.6 Å². The lowest BCUT2D eigenvalue weighted by Gasteiger charge is -2.26. The fourth-order valence-corrected chi connectivity index (χ4v) is 3.87. The SMILES string of the molecule is Cc1ccc(CN2C(=O)[C@@H](NC[C@H](C(N)=O)c3ccccc3)COc3ccccc32)cc1. The topological polar surface area (TPSA) is 84.7 Å². The summed E-state index contributed by atoms with van der Waals surface area (Å²) in [5, 5.41) is 3.23. The van der Waals surface area contributed by atoms with Crippen molar-refractivity contribution in [1.82, 2.24) is 5.32 Å². The first kappa shape index (κ1) is 21.6. The largest absolute Gasteiger partial charge is 0.489 e. The van der Waals surface area contributed by atoms with Crippen molar-refractivity contribution in [1.29, 1.82) is 0 Å². The second-order valence-corrected chi connectivity index (χ2v) is 8.02. The molecule has 6 nitrogen and oxygen atoms in total. The van der Waals surface area contributed by atoms with E-state index in [0.29, 0.717) is 12.3 Å². The van der Waals surface area contributed by atoms with Gasteiger partial charge >= 0.3 is 0 Å². The average Bonchev–Trinajstić information content (AvgIpc) is 2.93. The van der Waals surface area contributed by atoms with Crippen molar-refractivity contribution in [2.75, 3.05) is 18.1 Å². The molecule has 32 heavy (non-hydrogen) atoms. The first-order valence-corrected chi connectivity index (χ1v) is 10.7. The van der Waals surface area contributed by atoms with Crippen molar-refractivity contribution in [3.8, 4) is 5.75 Å². The highest BCUT2D eigenvalue weighted by Gasteiger charge is 2.32. The van der Waals surface area contributed by atoms with Crippen LogP contribution in [0.25, 0.3) is 0 Å². The highest BCUT2D eigenvalue weighted by molar-refractivity contribution is 5.99. The number of aryl methyl sites for hydroxylation is 1. The first-order valence-electron chi connectivity index (χ1n) is 10.7. The van der Waals surface area contributed by atoms with E-state index in [4.69, 9.17) is 10.5 Å². The van der Waals surface area contributed by atoms with E-state index < -0.39 is 17.9 Å². The van der Waals surface area contributed by atoms with E-state index in [-0.39, 0.29) is 19.1 Å². The van der Waals surface area contributed by atoms with Gasteiger partial charge < -0.3 is 20.7 Å². The van der Waals surface area contributed by atoms with Crippen LogP contribution in [-0.2, 0) is 16.1 Å². The smallest absolute Gasteiger partial charge is 0.248 e. The number of nitrogens with zero attached hydrogens (tertiary/aromatic N) is 1. The van der Waals surface area contributed by atoms with Gasteiger partial charge in [0.25, 0.3) is 0 Å². The number of carbonyl (C=O) groups excluding carboxylic acids is 2. The monoisotopic (exact) mass is 429 g/mol. The minimum atomic E-state index is -0.613. The number of para-hydroxylation sites is 2. The molecule has 0 aromatic heterocycles. The third-order valence-electron chi connectivity index (χ3n) is 5.70. The summed E-state index contributed by atoms with van der Waals surface area (Å²) in [7, 11) is 0. The molecule has 3 aromatic carbocycles. The van der Waals surface area contributed by atoms with Crippen LogP contribution in [0.15, 0.2) is 78.9 Å². The van der Waals surface area contributed by atoms with Gasteiger partial charge in [-0.2, -0.15) is 0 Å². The van der Waals surface area contributed by atoms with Gasteiger partial charge in [-0.15, -0.1) is 0 Å². The van der Waals surface area contributed by atoms with E-state index >= 15 is 0 Å². The molecular weight excluding hydrogens is 402 g/mol. The van der Waals surface area contributed by atoms with Gasteiger partial charge in [0.05, 0.1) is 18.2 Å². The van der Waals surface area contributed by atoms with Crippen molar-refractivity contribution < 1.29 is 14.3 Å². The molecule has 3 N–H and O–H groups in total. The lowest BCUT2D eigenvalue weighted by molar-refractivity contribution is -0.122. The molecule has 0 radical (unpaired) electrons. The fraction of sp³-hybridized carbons (Fsp3) is 0.231. The summed E-state index contributed by atoms with van der Waals surface area (Å²) >= 11 is 0. The molecule has 1 aliphatic rings. The zero-order chi connectivity index (χ0) is 22.5. The van der Waals surface area contributed by atoms with Gasteiger partial charge in [-0.05, 0) is 30.2 Å². The molecule has 0 unspecified atom stereocenters. The van der Waals surface area contributed by atoms with Crippen molar-refractivity contribution in [2.45, 2.75) is 25.4 Å². The third kappa shape index (κ3) is 4.81. The Morgan fingerprint density at radius 1 is 1.06 bits per heavy atom. The van der Waals surface area contributed by atoms with Crippen LogP contribution in [0.3, 0.4) is 0 Å². The Kier molecular flexibility index (Phi) is 6.52. The van der Waals surface area contributed by atoms with Gasteiger partial charge in [0.2, 0.25) is 11.8 Å². The highest BCUT2D eigenvalue weighted by Crippen LogP contribution is 2.32. The van der Waals surface area contributed by atoms with Crippen LogP contribution in [-0.4, -0.2) is 31.0 Å². The first-order chi connectivity index (χ1) is 15.5. The number of benzene rings is 3. The van der Waals surface area contributed by atoms with E-state index in [1.54, 1.807) is 4.90 Å². The maximum absolute atomic E-state index is 13.6.